The van der Waals surface area contributed by atoms with Crippen molar-refractivity contribution in [2.24, 2.45) is 0 Å². The van der Waals surface area contributed by atoms with Crippen LogP contribution >= 0.6 is 0 Å². The van der Waals surface area contributed by atoms with Crippen molar-refractivity contribution in [3.05, 3.63) is 65.9 Å². The second kappa shape index (κ2) is 7.70. The van der Waals surface area contributed by atoms with Gasteiger partial charge in [0.05, 0.1) is 23.8 Å². The van der Waals surface area contributed by atoms with Gasteiger partial charge in [-0.05, 0) is 51.3 Å². The maximum absolute atomic E-state index is 12.8. The average molecular weight is 391 g/mol. The van der Waals surface area contributed by atoms with Crippen molar-refractivity contribution >= 4 is 11.8 Å². The number of anilines is 1. The molecule has 0 bridgehead atoms. The second-order valence-electron chi connectivity index (χ2n) is 8.22. The van der Waals surface area contributed by atoms with Gasteiger partial charge < -0.3 is 14.5 Å². The lowest BCUT2D eigenvalue weighted by Gasteiger charge is -2.25. The molecule has 2 aromatic heterocycles. The topological polar surface area (TPSA) is 77.2 Å². The number of esters is 1. The molecule has 1 atom stereocenters. The summed E-state index contributed by atoms with van der Waals surface area (Å²) in [4.78, 5) is 22.2. The van der Waals surface area contributed by atoms with Crippen LogP contribution in [0.2, 0.25) is 0 Å². The van der Waals surface area contributed by atoms with Crippen LogP contribution in [-0.2, 0) is 28.8 Å². The van der Waals surface area contributed by atoms with E-state index >= 15 is 0 Å². The Morgan fingerprint density at radius 3 is 2.79 bits per heavy atom. The third kappa shape index (κ3) is 4.47. The lowest BCUT2D eigenvalue weighted by atomic mass is 9.92. The highest BCUT2D eigenvalue weighted by Gasteiger charge is 2.27. The molecule has 6 nitrogen and oxygen atoms in total. The molecule has 29 heavy (non-hydrogen) atoms. The highest BCUT2D eigenvalue weighted by atomic mass is 16.6. The minimum absolute atomic E-state index is 0.348. The maximum Gasteiger partial charge on any atom is 0.329 e. The Balaban J connectivity index is 1.58. The molecule has 0 amide bonds. The van der Waals surface area contributed by atoms with Crippen LogP contribution in [-0.4, -0.2) is 27.6 Å². The molecule has 150 valence electrons. The largest absolute Gasteiger partial charge is 0.469 e. The van der Waals surface area contributed by atoms with Crippen LogP contribution in [0.4, 0.5) is 5.82 Å². The molecule has 0 radical (unpaired) electrons. The van der Waals surface area contributed by atoms with Gasteiger partial charge in [0.2, 0.25) is 0 Å². The van der Waals surface area contributed by atoms with Gasteiger partial charge >= 0.3 is 5.97 Å². The number of ether oxygens (including phenoxy) is 1. The molecule has 3 aromatic rings. The van der Waals surface area contributed by atoms with E-state index in [1.54, 1.807) is 18.5 Å². The summed E-state index contributed by atoms with van der Waals surface area (Å²) in [7, 11) is 0. The van der Waals surface area contributed by atoms with Crippen molar-refractivity contribution < 1.29 is 13.9 Å². The van der Waals surface area contributed by atoms with Gasteiger partial charge in [-0.2, -0.15) is 0 Å². The van der Waals surface area contributed by atoms with Gasteiger partial charge in [0.25, 0.3) is 0 Å². The Morgan fingerprint density at radius 1 is 1.21 bits per heavy atom. The summed E-state index contributed by atoms with van der Waals surface area (Å²) in [5.41, 5.74) is 3.70. The normalized spacial score (nSPS) is 13.9. The Morgan fingerprint density at radius 2 is 2.03 bits per heavy atom. The third-order valence-electron chi connectivity index (χ3n) is 4.75. The molecular weight excluding hydrogens is 366 g/mol. The summed E-state index contributed by atoms with van der Waals surface area (Å²) < 4.78 is 11.0. The molecule has 0 saturated carbocycles. The number of rotatable bonds is 5. The van der Waals surface area contributed by atoms with Crippen LogP contribution in [0.5, 0.6) is 0 Å². The smallest absolute Gasteiger partial charge is 0.329 e. The first-order valence-corrected chi connectivity index (χ1v) is 9.85. The molecule has 4 rings (SSSR count). The van der Waals surface area contributed by atoms with E-state index < -0.39 is 11.6 Å². The van der Waals surface area contributed by atoms with Crippen molar-refractivity contribution in [1.82, 2.24) is 9.97 Å². The number of aryl methyl sites for hydroxylation is 2. The van der Waals surface area contributed by atoms with Gasteiger partial charge in [0.15, 0.2) is 0 Å². The summed E-state index contributed by atoms with van der Waals surface area (Å²) in [6, 6.07) is 11.3. The van der Waals surface area contributed by atoms with Gasteiger partial charge in [0, 0.05) is 12.0 Å². The van der Waals surface area contributed by atoms with Crippen molar-refractivity contribution in [3.63, 3.8) is 0 Å². The standard InChI is InChI=1S/C23H25N3O3/c1-23(2,3)29-22(27)19(13-16-8-6-12-28-16)26-20-14-24-21-17-9-5-4-7-15(17)10-11-18(21)25-20/h4-9,12,14,19H,10-11,13H2,1-3H3,(H,25,26). The maximum atomic E-state index is 12.8. The van der Waals surface area contributed by atoms with Crippen molar-refractivity contribution in [2.45, 2.75) is 51.7 Å². The number of nitrogens with one attached hydrogen (secondary N) is 1. The molecule has 1 aliphatic carbocycles. The quantitative estimate of drug-likeness (QED) is 0.657. The zero-order valence-electron chi connectivity index (χ0n) is 16.9. The number of furan rings is 1. The van der Waals surface area contributed by atoms with E-state index in [0.717, 1.165) is 29.8 Å². The highest BCUT2D eigenvalue weighted by Crippen LogP contribution is 2.31. The fourth-order valence-electron chi connectivity index (χ4n) is 3.49. The van der Waals surface area contributed by atoms with Crippen LogP contribution in [0.15, 0.2) is 53.3 Å². The lowest BCUT2D eigenvalue weighted by Crippen LogP contribution is -2.38. The third-order valence-corrected chi connectivity index (χ3v) is 4.75. The first-order chi connectivity index (χ1) is 13.9. The number of hydrogen-bond donors (Lipinski definition) is 1. The zero-order chi connectivity index (χ0) is 20.4. The van der Waals surface area contributed by atoms with Crippen molar-refractivity contribution in [3.8, 4) is 11.3 Å². The van der Waals surface area contributed by atoms with Crippen molar-refractivity contribution in [2.75, 3.05) is 5.32 Å². The predicted molar refractivity (Wildman–Crippen MR) is 111 cm³/mol. The van der Waals surface area contributed by atoms with Crippen LogP contribution in [0.25, 0.3) is 11.3 Å². The Kier molecular flexibility index (Phi) is 5.09. The summed E-state index contributed by atoms with van der Waals surface area (Å²) >= 11 is 0. The van der Waals surface area contributed by atoms with E-state index in [2.05, 4.69) is 22.4 Å². The minimum Gasteiger partial charge on any atom is -0.469 e. The average Bonchev–Trinajstić information content (AvgIpc) is 3.19. The summed E-state index contributed by atoms with van der Waals surface area (Å²) in [6.45, 7) is 5.56. The molecule has 0 saturated heterocycles. The number of benzene rings is 1. The number of nitrogens with zero attached hydrogens (tertiary/aromatic N) is 2. The van der Waals surface area contributed by atoms with Gasteiger partial charge in [-0.25, -0.2) is 9.78 Å². The van der Waals surface area contributed by atoms with E-state index in [-0.39, 0.29) is 5.97 Å². The number of aromatic nitrogens is 2. The Labute approximate surface area is 170 Å². The first-order valence-electron chi connectivity index (χ1n) is 9.85. The van der Waals surface area contributed by atoms with Crippen LogP contribution in [0.3, 0.4) is 0 Å². The number of carbonyl (C=O) groups is 1. The molecule has 1 unspecified atom stereocenters. The van der Waals surface area contributed by atoms with Crippen LogP contribution in [0.1, 0.15) is 37.8 Å². The van der Waals surface area contributed by atoms with Gasteiger partial charge in [-0.1, -0.05) is 24.3 Å². The molecule has 0 spiro atoms. The van der Waals surface area contributed by atoms with Crippen LogP contribution in [0, 0.1) is 0 Å². The molecule has 0 aliphatic heterocycles. The SMILES string of the molecule is CC(C)(C)OC(=O)C(Cc1ccco1)Nc1cnc2c(n1)CCc1ccccc1-2. The monoisotopic (exact) mass is 391 g/mol. The number of carbonyl (C=O) groups excluding carboxylic acids is 1. The fraction of sp³-hybridized carbons (Fsp3) is 0.348. The van der Waals surface area contributed by atoms with E-state index in [4.69, 9.17) is 14.1 Å². The van der Waals surface area contributed by atoms with Crippen LogP contribution < -0.4 is 5.32 Å². The molecule has 1 N–H and O–H groups in total. The lowest BCUT2D eigenvalue weighted by molar-refractivity contribution is -0.155. The Bertz CT molecular complexity index is 1010. The molecule has 6 heteroatoms. The van der Waals surface area contributed by atoms with Crippen molar-refractivity contribution in [1.29, 1.82) is 0 Å². The molecule has 2 heterocycles. The van der Waals surface area contributed by atoms with Gasteiger partial charge in [-0.15, -0.1) is 0 Å². The second-order valence-corrected chi connectivity index (χ2v) is 8.22. The summed E-state index contributed by atoms with van der Waals surface area (Å²) in [5.74, 6) is 0.914. The minimum atomic E-state index is -0.622. The van der Waals surface area contributed by atoms with Gasteiger partial charge in [-0.3, -0.25) is 4.98 Å². The number of fused-ring (bicyclic) bond motifs is 3. The first kappa shape index (κ1) is 19.2. The van der Waals surface area contributed by atoms with E-state index in [1.165, 1.54) is 5.56 Å². The van der Waals surface area contributed by atoms with Gasteiger partial charge in [0.1, 0.15) is 23.2 Å². The number of hydrogen-bond acceptors (Lipinski definition) is 6. The Hall–Kier alpha value is -3.15. The summed E-state index contributed by atoms with van der Waals surface area (Å²) in [5, 5.41) is 3.21. The van der Waals surface area contributed by atoms with E-state index in [9.17, 15) is 4.79 Å². The predicted octanol–water partition coefficient (Wildman–Crippen LogP) is 4.20. The zero-order valence-corrected chi connectivity index (χ0v) is 16.9. The van der Waals surface area contributed by atoms with E-state index in [0.29, 0.717) is 18.0 Å². The molecule has 1 aromatic carbocycles. The summed E-state index contributed by atoms with van der Waals surface area (Å²) in [6.07, 6.45) is 5.40. The van der Waals surface area contributed by atoms with E-state index in [1.807, 2.05) is 39.0 Å². The molecule has 0 fully saturated rings. The molecular formula is C23H25N3O3. The highest BCUT2D eigenvalue weighted by molar-refractivity contribution is 5.79. The molecule has 1 aliphatic rings. The fourth-order valence-corrected chi connectivity index (χ4v) is 3.49.